The van der Waals surface area contributed by atoms with Gasteiger partial charge < -0.3 is 14.2 Å². The smallest absolute Gasteiger partial charge is 0.343 e. The van der Waals surface area contributed by atoms with Crippen molar-refractivity contribution in [3.63, 3.8) is 0 Å². The first kappa shape index (κ1) is 23.4. The molecule has 162 valence electrons. The quantitative estimate of drug-likeness (QED) is 0.258. The van der Waals surface area contributed by atoms with Gasteiger partial charge in [0.15, 0.2) is 18.1 Å². The fourth-order valence-corrected chi connectivity index (χ4v) is 4.44. The molecule has 1 aliphatic heterocycles. The van der Waals surface area contributed by atoms with Gasteiger partial charge in [0, 0.05) is 5.02 Å². The van der Waals surface area contributed by atoms with Crippen molar-refractivity contribution < 1.29 is 28.6 Å². The Bertz CT molecular complexity index is 1060. The molecule has 0 aromatic heterocycles. The monoisotopic (exact) mass is 573 g/mol. The minimum atomic E-state index is -0.516. The number of hydrogen-bond donors (Lipinski definition) is 0. The van der Waals surface area contributed by atoms with Crippen molar-refractivity contribution in [2.45, 2.75) is 6.92 Å². The molecule has 0 bridgehead atoms. The van der Waals surface area contributed by atoms with Crippen LogP contribution in [-0.4, -0.2) is 37.4 Å². The van der Waals surface area contributed by atoms with Crippen molar-refractivity contribution >= 4 is 74.8 Å². The van der Waals surface area contributed by atoms with Crippen molar-refractivity contribution in [1.82, 2.24) is 0 Å². The Hall–Kier alpha value is -2.24. The molecule has 2 aromatic rings. The van der Waals surface area contributed by atoms with Crippen molar-refractivity contribution in [3.05, 3.63) is 55.5 Å². The number of methoxy groups -OCH3 is 1. The second-order valence-electron chi connectivity index (χ2n) is 6.12. The van der Waals surface area contributed by atoms with Crippen LogP contribution >= 0.6 is 46.0 Å². The first-order valence-corrected chi connectivity index (χ1v) is 11.3. The van der Waals surface area contributed by atoms with E-state index < -0.39 is 17.1 Å². The van der Waals surface area contributed by atoms with Crippen LogP contribution in [-0.2, 0) is 14.3 Å². The Labute approximate surface area is 201 Å². The largest absolute Gasteiger partial charge is 0.490 e. The Morgan fingerprint density at radius 2 is 1.90 bits per heavy atom. The molecular weight excluding hydrogens is 557 g/mol. The van der Waals surface area contributed by atoms with E-state index in [1.165, 1.54) is 7.11 Å². The number of imide groups is 1. The number of halogens is 2. The van der Waals surface area contributed by atoms with E-state index in [0.717, 1.165) is 16.7 Å². The van der Waals surface area contributed by atoms with Crippen LogP contribution in [0.15, 0.2) is 41.3 Å². The summed E-state index contributed by atoms with van der Waals surface area (Å²) in [6.45, 7) is 1.94. The highest BCUT2D eigenvalue weighted by atomic mass is 127. The van der Waals surface area contributed by atoms with E-state index in [2.05, 4.69) is 27.3 Å². The van der Waals surface area contributed by atoms with Crippen LogP contribution in [0.2, 0.25) is 5.02 Å². The Morgan fingerprint density at radius 3 is 2.55 bits per heavy atom. The number of nitrogens with zero attached hydrogens (tertiary/aromatic N) is 1. The Balaban J connectivity index is 1.90. The fraction of sp³-hybridized carbons (Fsp3) is 0.190. The van der Waals surface area contributed by atoms with E-state index in [0.29, 0.717) is 37.9 Å². The molecule has 7 nitrogen and oxygen atoms in total. The number of benzene rings is 2. The zero-order valence-corrected chi connectivity index (χ0v) is 20.2. The van der Waals surface area contributed by atoms with Gasteiger partial charge in [0.1, 0.15) is 0 Å². The first-order chi connectivity index (χ1) is 14.8. The normalized spacial score (nSPS) is 14.8. The summed E-state index contributed by atoms with van der Waals surface area (Å²) >= 11 is 8.80. The van der Waals surface area contributed by atoms with Gasteiger partial charge in [-0.05, 0) is 89.3 Å². The predicted octanol–water partition coefficient (Wildman–Crippen LogP) is 5.14. The molecule has 1 aliphatic rings. The van der Waals surface area contributed by atoms with Gasteiger partial charge in [-0.15, -0.1) is 0 Å². The molecule has 0 saturated carbocycles. The summed E-state index contributed by atoms with van der Waals surface area (Å²) in [6.07, 6.45) is 1.62. The van der Waals surface area contributed by atoms with Gasteiger partial charge in [-0.1, -0.05) is 11.6 Å². The van der Waals surface area contributed by atoms with Crippen LogP contribution < -0.4 is 14.4 Å². The van der Waals surface area contributed by atoms with E-state index in [1.54, 1.807) is 42.5 Å². The molecule has 0 spiro atoms. The lowest BCUT2D eigenvalue weighted by atomic mass is 10.1. The number of carbonyl (C=O) groups is 3. The third-order valence-electron chi connectivity index (χ3n) is 4.07. The number of esters is 1. The zero-order valence-electron chi connectivity index (χ0n) is 16.5. The van der Waals surface area contributed by atoms with Crippen LogP contribution in [0.3, 0.4) is 0 Å². The zero-order chi connectivity index (χ0) is 22.5. The minimum Gasteiger partial charge on any atom is -0.490 e. The van der Waals surface area contributed by atoms with Crippen molar-refractivity contribution in [2.24, 2.45) is 0 Å². The van der Waals surface area contributed by atoms with E-state index >= 15 is 0 Å². The average Bonchev–Trinajstić information content (AvgIpc) is 3.01. The molecule has 31 heavy (non-hydrogen) atoms. The summed E-state index contributed by atoms with van der Waals surface area (Å²) in [6, 6.07) is 9.93. The molecule has 0 unspecified atom stereocenters. The Kier molecular flexibility index (Phi) is 7.84. The molecule has 1 heterocycles. The van der Waals surface area contributed by atoms with Crippen LogP contribution in [0.5, 0.6) is 11.5 Å². The summed E-state index contributed by atoms with van der Waals surface area (Å²) < 4.78 is 16.5. The average molecular weight is 574 g/mol. The second kappa shape index (κ2) is 10.4. The SMILES string of the molecule is CCOc1cc(/C=C2/SC(=O)N(c3ccc(Cl)cc3)C2=O)cc(I)c1OCC(=O)OC. The summed E-state index contributed by atoms with van der Waals surface area (Å²) in [4.78, 5) is 38.1. The maximum Gasteiger partial charge on any atom is 0.343 e. The maximum atomic E-state index is 12.9. The standard InChI is InChI=1S/C21H17ClINO6S/c1-3-29-16-9-12(8-15(23)19(16)30-11-18(25)28-2)10-17-20(26)24(21(27)31-17)14-6-4-13(22)5-7-14/h4-10H,3,11H2,1-2H3/b17-10+. The van der Waals surface area contributed by atoms with Gasteiger partial charge >= 0.3 is 5.97 Å². The first-order valence-electron chi connectivity index (χ1n) is 9.03. The number of carbonyl (C=O) groups excluding carboxylic acids is 3. The van der Waals surface area contributed by atoms with Crippen LogP contribution in [0.1, 0.15) is 12.5 Å². The van der Waals surface area contributed by atoms with Crippen LogP contribution in [0.4, 0.5) is 10.5 Å². The van der Waals surface area contributed by atoms with Gasteiger partial charge in [-0.3, -0.25) is 9.59 Å². The fourth-order valence-electron chi connectivity index (χ4n) is 2.70. The Morgan fingerprint density at radius 1 is 1.19 bits per heavy atom. The summed E-state index contributed by atoms with van der Waals surface area (Å²) in [5.41, 5.74) is 1.10. The number of thioether (sulfide) groups is 1. The van der Waals surface area contributed by atoms with Gasteiger partial charge in [0.25, 0.3) is 11.1 Å². The molecule has 0 aliphatic carbocycles. The molecular formula is C21H17ClINO6S. The topological polar surface area (TPSA) is 82.1 Å². The lowest BCUT2D eigenvalue weighted by Crippen LogP contribution is -2.27. The molecule has 3 rings (SSSR count). The summed E-state index contributed by atoms with van der Waals surface area (Å²) in [5, 5.41) is 0.120. The van der Waals surface area contributed by atoms with Gasteiger partial charge in [-0.25, -0.2) is 9.69 Å². The summed E-state index contributed by atoms with van der Waals surface area (Å²) in [5.74, 6) is -0.116. The minimum absolute atomic E-state index is 0.258. The number of rotatable bonds is 7. The molecule has 0 N–H and O–H groups in total. The lowest BCUT2D eigenvalue weighted by molar-refractivity contribution is -0.143. The highest BCUT2D eigenvalue weighted by Gasteiger charge is 2.36. The molecule has 10 heteroatoms. The molecule has 1 saturated heterocycles. The number of hydrogen-bond acceptors (Lipinski definition) is 7. The lowest BCUT2D eigenvalue weighted by Gasteiger charge is -2.14. The van der Waals surface area contributed by atoms with Crippen molar-refractivity contribution in [1.29, 1.82) is 0 Å². The molecule has 2 amide bonds. The van der Waals surface area contributed by atoms with Crippen molar-refractivity contribution in [2.75, 3.05) is 25.2 Å². The van der Waals surface area contributed by atoms with Crippen LogP contribution in [0, 0.1) is 3.57 Å². The van der Waals surface area contributed by atoms with Crippen LogP contribution in [0.25, 0.3) is 6.08 Å². The van der Waals surface area contributed by atoms with Crippen molar-refractivity contribution in [3.8, 4) is 11.5 Å². The molecule has 2 aromatic carbocycles. The second-order valence-corrected chi connectivity index (χ2v) is 8.71. The van der Waals surface area contributed by atoms with Gasteiger partial charge in [-0.2, -0.15) is 0 Å². The van der Waals surface area contributed by atoms with E-state index in [-0.39, 0.29) is 11.5 Å². The van der Waals surface area contributed by atoms with E-state index in [4.69, 9.17) is 21.1 Å². The third-order valence-corrected chi connectivity index (χ3v) is 5.99. The number of anilines is 1. The number of amides is 2. The van der Waals surface area contributed by atoms with Gasteiger partial charge in [0.2, 0.25) is 0 Å². The molecule has 1 fully saturated rings. The molecule has 0 atom stereocenters. The number of ether oxygens (including phenoxy) is 3. The highest BCUT2D eigenvalue weighted by molar-refractivity contribution is 14.1. The predicted molar refractivity (Wildman–Crippen MR) is 128 cm³/mol. The van der Waals surface area contributed by atoms with E-state index in [1.807, 2.05) is 6.92 Å². The van der Waals surface area contributed by atoms with Gasteiger partial charge in [0.05, 0.1) is 27.9 Å². The maximum absolute atomic E-state index is 12.9. The third kappa shape index (κ3) is 5.52. The van der Waals surface area contributed by atoms with E-state index in [9.17, 15) is 14.4 Å². The highest BCUT2D eigenvalue weighted by Crippen LogP contribution is 2.39. The summed E-state index contributed by atoms with van der Waals surface area (Å²) in [7, 11) is 1.28. The molecule has 0 radical (unpaired) electrons.